The summed E-state index contributed by atoms with van der Waals surface area (Å²) in [6.07, 6.45) is 0.168. The Morgan fingerprint density at radius 2 is 1.85 bits per heavy atom. The van der Waals surface area contributed by atoms with E-state index in [0.29, 0.717) is 23.8 Å². The molecule has 0 atom stereocenters. The number of ether oxygens (including phenoxy) is 3. The number of rotatable bonds is 7. The molecule has 1 aliphatic rings. The van der Waals surface area contributed by atoms with Crippen molar-refractivity contribution in [2.45, 2.75) is 20.3 Å². The molecule has 1 N–H and O–H groups in total. The van der Waals surface area contributed by atoms with Crippen LogP contribution >= 0.6 is 0 Å². The van der Waals surface area contributed by atoms with Gasteiger partial charge in [-0.15, -0.1) is 0 Å². The first-order chi connectivity index (χ1) is 13.1. The zero-order valence-electron chi connectivity index (χ0n) is 15.4. The molecular formula is C20H22N2O5. The van der Waals surface area contributed by atoms with E-state index in [4.69, 9.17) is 14.2 Å². The van der Waals surface area contributed by atoms with Crippen LogP contribution in [0.25, 0.3) is 0 Å². The number of hydrogen-bond donors (Lipinski definition) is 1. The molecule has 2 amide bonds. The van der Waals surface area contributed by atoms with Gasteiger partial charge in [-0.1, -0.05) is 0 Å². The fourth-order valence-electron chi connectivity index (χ4n) is 2.77. The lowest BCUT2D eigenvalue weighted by Gasteiger charge is -2.21. The summed E-state index contributed by atoms with van der Waals surface area (Å²) in [7, 11) is 0. The second-order valence-electron chi connectivity index (χ2n) is 5.96. The van der Waals surface area contributed by atoms with Crippen molar-refractivity contribution in [3.05, 3.63) is 42.5 Å². The summed E-state index contributed by atoms with van der Waals surface area (Å²) >= 11 is 0. The zero-order valence-corrected chi connectivity index (χ0v) is 15.4. The van der Waals surface area contributed by atoms with Crippen LogP contribution in [-0.2, 0) is 9.59 Å². The van der Waals surface area contributed by atoms with Crippen LogP contribution in [0.5, 0.6) is 17.2 Å². The maximum atomic E-state index is 12.3. The fraction of sp³-hybridized carbons (Fsp3) is 0.300. The summed E-state index contributed by atoms with van der Waals surface area (Å²) in [6.45, 7) is 4.43. The Morgan fingerprint density at radius 3 is 2.56 bits per heavy atom. The topological polar surface area (TPSA) is 77.1 Å². The number of benzene rings is 2. The number of fused-ring (bicyclic) bond motifs is 1. The summed E-state index contributed by atoms with van der Waals surface area (Å²) < 4.78 is 16.0. The van der Waals surface area contributed by atoms with E-state index in [0.717, 1.165) is 11.4 Å². The van der Waals surface area contributed by atoms with E-state index in [1.807, 2.05) is 31.2 Å². The highest BCUT2D eigenvalue weighted by atomic mass is 16.7. The summed E-state index contributed by atoms with van der Waals surface area (Å²) in [6, 6.07) is 12.4. The normalized spacial score (nSPS) is 11.8. The van der Waals surface area contributed by atoms with Gasteiger partial charge < -0.3 is 24.4 Å². The minimum Gasteiger partial charge on any atom is -0.494 e. The lowest BCUT2D eigenvalue weighted by Crippen LogP contribution is -2.31. The lowest BCUT2D eigenvalue weighted by atomic mass is 10.2. The second-order valence-corrected chi connectivity index (χ2v) is 5.96. The molecule has 27 heavy (non-hydrogen) atoms. The van der Waals surface area contributed by atoms with Crippen LogP contribution in [0.3, 0.4) is 0 Å². The van der Waals surface area contributed by atoms with Crippen LogP contribution in [0.1, 0.15) is 20.3 Å². The quantitative estimate of drug-likeness (QED) is 0.810. The molecule has 0 fully saturated rings. The van der Waals surface area contributed by atoms with Crippen molar-refractivity contribution in [3.63, 3.8) is 0 Å². The molecule has 7 heteroatoms. The van der Waals surface area contributed by atoms with Gasteiger partial charge in [0, 0.05) is 37.3 Å². The summed E-state index contributed by atoms with van der Waals surface area (Å²) in [5.74, 6) is 1.69. The predicted octanol–water partition coefficient (Wildman–Crippen LogP) is 3.20. The van der Waals surface area contributed by atoms with Gasteiger partial charge in [0.05, 0.1) is 6.61 Å². The monoisotopic (exact) mass is 370 g/mol. The molecule has 142 valence electrons. The van der Waals surface area contributed by atoms with Gasteiger partial charge in [-0.2, -0.15) is 0 Å². The van der Waals surface area contributed by atoms with Crippen LogP contribution in [0.4, 0.5) is 11.4 Å². The van der Waals surface area contributed by atoms with Gasteiger partial charge in [-0.05, 0) is 43.3 Å². The third-order valence-corrected chi connectivity index (χ3v) is 4.06. The first-order valence-electron chi connectivity index (χ1n) is 8.77. The van der Waals surface area contributed by atoms with E-state index in [2.05, 4.69) is 5.32 Å². The molecule has 1 heterocycles. The number of carbonyl (C=O) groups is 2. The molecule has 0 radical (unpaired) electrons. The Bertz CT molecular complexity index is 820. The van der Waals surface area contributed by atoms with Gasteiger partial charge in [0.25, 0.3) is 0 Å². The standard InChI is InChI=1S/C20H22N2O5/c1-3-25-17-7-5-16(6-8-17)22(14(2)23)11-10-20(24)21-15-4-9-18-19(12-15)27-13-26-18/h4-9,12H,3,10-11,13H2,1-2H3,(H,21,24). The summed E-state index contributed by atoms with van der Waals surface area (Å²) in [4.78, 5) is 25.8. The highest BCUT2D eigenvalue weighted by Crippen LogP contribution is 2.34. The summed E-state index contributed by atoms with van der Waals surface area (Å²) in [5.41, 5.74) is 1.35. The third-order valence-electron chi connectivity index (χ3n) is 4.06. The van der Waals surface area contributed by atoms with Crippen molar-refractivity contribution >= 4 is 23.2 Å². The Balaban J connectivity index is 1.58. The maximum absolute atomic E-state index is 12.3. The number of anilines is 2. The molecule has 1 aliphatic heterocycles. The van der Waals surface area contributed by atoms with Crippen LogP contribution in [0, 0.1) is 0 Å². The molecule has 2 aromatic carbocycles. The van der Waals surface area contributed by atoms with Crippen molar-refractivity contribution in [2.75, 3.05) is 30.2 Å². The minimum atomic E-state index is -0.189. The summed E-state index contributed by atoms with van der Waals surface area (Å²) in [5, 5.41) is 2.81. The van der Waals surface area contributed by atoms with E-state index < -0.39 is 0 Å². The van der Waals surface area contributed by atoms with E-state index in [9.17, 15) is 9.59 Å². The number of amides is 2. The number of hydrogen-bond acceptors (Lipinski definition) is 5. The van der Waals surface area contributed by atoms with Crippen LogP contribution in [0.15, 0.2) is 42.5 Å². The van der Waals surface area contributed by atoms with E-state index in [-0.39, 0.29) is 31.6 Å². The Morgan fingerprint density at radius 1 is 1.11 bits per heavy atom. The van der Waals surface area contributed by atoms with E-state index in [1.54, 1.807) is 23.1 Å². The molecule has 0 aliphatic carbocycles. The molecule has 2 aromatic rings. The molecule has 3 rings (SSSR count). The van der Waals surface area contributed by atoms with Crippen molar-refractivity contribution in [1.29, 1.82) is 0 Å². The van der Waals surface area contributed by atoms with E-state index >= 15 is 0 Å². The third kappa shape index (κ3) is 4.69. The molecule has 0 saturated carbocycles. The smallest absolute Gasteiger partial charge is 0.231 e. The van der Waals surface area contributed by atoms with Crippen LogP contribution < -0.4 is 24.4 Å². The Hall–Kier alpha value is -3.22. The van der Waals surface area contributed by atoms with Crippen LogP contribution in [-0.4, -0.2) is 31.8 Å². The molecule has 0 unspecified atom stereocenters. The van der Waals surface area contributed by atoms with Crippen molar-refractivity contribution < 1.29 is 23.8 Å². The zero-order chi connectivity index (χ0) is 19.2. The van der Waals surface area contributed by atoms with Gasteiger partial charge in [0.2, 0.25) is 18.6 Å². The molecular weight excluding hydrogens is 348 g/mol. The molecule has 0 saturated heterocycles. The second kappa shape index (κ2) is 8.44. The largest absolute Gasteiger partial charge is 0.494 e. The maximum Gasteiger partial charge on any atom is 0.231 e. The first kappa shape index (κ1) is 18.6. The van der Waals surface area contributed by atoms with Crippen LogP contribution in [0.2, 0.25) is 0 Å². The number of carbonyl (C=O) groups excluding carboxylic acids is 2. The average Bonchev–Trinajstić information content (AvgIpc) is 3.11. The molecule has 0 spiro atoms. The highest BCUT2D eigenvalue weighted by molar-refractivity contribution is 5.95. The van der Waals surface area contributed by atoms with Gasteiger partial charge >= 0.3 is 0 Å². The minimum absolute atomic E-state index is 0.130. The first-order valence-corrected chi connectivity index (χ1v) is 8.77. The van der Waals surface area contributed by atoms with Gasteiger partial charge in [0.15, 0.2) is 11.5 Å². The number of nitrogens with one attached hydrogen (secondary N) is 1. The molecule has 0 bridgehead atoms. The van der Waals surface area contributed by atoms with Crippen molar-refractivity contribution in [2.24, 2.45) is 0 Å². The van der Waals surface area contributed by atoms with E-state index in [1.165, 1.54) is 6.92 Å². The molecule has 0 aromatic heterocycles. The predicted molar refractivity (Wildman–Crippen MR) is 101 cm³/mol. The average molecular weight is 370 g/mol. The van der Waals surface area contributed by atoms with Gasteiger partial charge in [-0.25, -0.2) is 0 Å². The Labute approximate surface area is 157 Å². The van der Waals surface area contributed by atoms with Gasteiger partial charge in [0.1, 0.15) is 5.75 Å². The SMILES string of the molecule is CCOc1ccc(N(CCC(=O)Nc2ccc3c(c2)OCO3)C(C)=O)cc1. The van der Waals surface area contributed by atoms with Gasteiger partial charge in [-0.3, -0.25) is 9.59 Å². The molecule has 7 nitrogen and oxygen atoms in total. The fourth-order valence-corrected chi connectivity index (χ4v) is 2.77. The van der Waals surface area contributed by atoms with Crippen molar-refractivity contribution in [3.8, 4) is 17.2 Å². The van der Waals surface area contributed by atoms with Crippen molar-refractivity contribution in [1.82, 2.24) is 0 Å². The number of nitrogens with zero attached hydrogens (tertiary/aromatic N) is 1. The Kier molecular flexibility index (Phi) is 5.80. The lowest BCUT2D eigenvalue weighted by molar-refractivity contribution is -0.117. The highest BCUT2D eigenvalue weighted by Gasteiger charge is 2.16.